The molecule has 2 amide bonds. The number of urea groups is 1. The van der Waals surface area contributed by atoms with Gasteiger partial charge in [-0.15, -0.1) is 0 Å². The number of halogens is 1. The third-order valence-electron chi connectivity index (χ3n) is 3.38. The van der Waals surface area contributed by atoms with Gasteiger partial charge in [0.2, 0.25) is 0 Å². The van der Waals surface area contributed by atoms with Gasteiger partial charge in [-0.2, -0.15) is 0 Å². The Bertz CT molecular complexity index is 499. The molecule has 7 heteroatoms. The van der Waals surface area contributed by atoms with Crippen LogP contribution >= 0.6 is 11.6 Å². The normalized spacial score (nSPS) is 15.8. The Morgan fingerprint density at radius 2 is 1.76 bits per heavy atom. The van der Waals surface area contributed by atoms with Crippen LogP contribution in [0.15, 0.2) is 24.3 Å². The van der Waals surface area contributed by atoms with Gasteiger partial charge in [0.15, 0.2) is 0 Å². The first-order chi connectivity index (χ1) is 10.0. The van der Waals surface area contributed by atoms with Crippen molar-refractivity contribution in [3.8, 4) is 0 Å². The smallest absolute Gasteiger partial charge is 0.317 e. The van der Waals surface area contributed by atoms with E-state index in [-0.39, 0.29) is 12.6 Å². The van der Waals surface area contributed by atoms with Crippen molar-refractivity contribution in [1.82, 2.24) is 15.1 Å². The first kappa shape index (κ1) is 15.6. The molecule has 0 aliphatic carbocycles. The van der Waals surface area contributed by atoms with E-state index in [4.69, 9.17) is 16.7 Å². The molecule has 0 aromatic heterocycles. The third-order valence-corrected chi connectivity index (χ3v) is 3.63. The van der Waals surface area contributed by atoms with Gasteiger partial charge in [0, 0.05) is 37.7 Å². The van der Waals surface area contributed by atoms with Gasteiger partial charge in [0.1, 0.15) is 0 Å². The fourth-order valence-electron chi connectivity index (χ4n) is 2.19. The second-order valence-corrected chi connectivity index (χ2v) is 5.38. The van der Waals surface area contributed by atoms with E-state index in [1.807, 2.05) is 17.0 Å². The summed E-state index contributed by atoms with van der Waals surface area (Å²) >= 11 is 5.80. The Labute approximate surface area is 128 Å². The highest BCUT2D eigenvalue weighted by atomic mass is 35.5. The second-order valence-electron chi connectivity index (χ2n) is 4.94. The van der Waals surface area contributed by atoms with E-state index in [9.17, 15) is 9.59 Å². The minimum atomic E-state index is -0.837. The lowest BCUT2D eigenvalue weighted by molar-refractivity contribution is -0.138. The Kier molecular flexibility index (Phi) is 5.41. The molecule has 0 bridgehead atoms. The Morgan fingerprint density at radius 3 is 2.33 bits per heavy atom. The first-order valence-corrected chi connectivity index (χ1v) is 7.14. The minimum Gasteiger partial charge on any atom is -0.480 e. The lowest BCUT2D eigenvalue weighted by Crippen LogP contribution is -2.52. The average molecular weight is 312 g/mol. The largest absolute Gasteiger partial charge is 0.480 e. The fourth-order valence-corrected chi connectivity index (χ4v) is 2.32. The zero-order valence-electron chi connectivity index (χ0n) is 11.6. The number of amides is 2. The number of nitrogens with one attached hydrogen (secondary N) is 1. The van der Waals surface area contributed by atoms with E-state index >= 15 is 0 Å². The minimum absolute atomic E-state index is 0.0280. The van der Waals surface area contributed by atoms with Gasteiger partial charge in [0.05, 0.1) is 6.54 Å². The monoisotopic (exact) mass is 311 g/mol. The van der Waals surface area contributed by atoms with Crippen LogP contribution in [0.5, 0.6) is 0 Å². The lowest BCUT2D eigenvalue weighted by atomic mass is 10.2. The predicted molar refractivity (Wildman–Crippen MR) is 79.3 cm³/mol. The Balaban J connectivity index is 1.74. The van der Waals surface area contributed by atoms with Crippen LogP contribution in [0.25, 0.3) is 0 Å². The zero-order valence-corrected chi connectivity index (χ0v) is 12.3. The van der Waals surface area contributed by atoms with E-state index < -0.39 is 5.97 Å². The molecule has 1 saturated heterocycles. The summed E-state index contributed by atoms with van der Waals surface area (Å²) in [6, 6.07) is 7.18. The van der Waals surface area contributed by atoms with Gasteiger partial charge < -0.3 is 15.3 Å². The van der Waals surface area contributed by atoms with E-state index in [1.165, 1.54) is 0 Å². The molecule has 0 atom stereocenters. The van der Waals surface area contributed by atoms with Crippen LogP contribution in [0.3, 0.4) is 0 Å². The summed E-state index contributed by atoms with van der Waals surface area (Å²) in [5.74, 6) is -0.837. The summed E-state index contributed by atoms with van der Waals surface area (Å²) in [7, 11) is 0. The van der Waals surface area contributed by atoms with Gasteiger partial charge in [0.25, 0.3) is 0 Å². The zero-order chi connectivity index (χ0) is 15.2. The number of carboxylic acid groups (broad SMARTS) is 1. The molecule has 1 heterocycles. The van der Waals surface area contributed by atoms with E-state index in [1.54, 1.807) is 17.0 Å². The fraction of sp³-hybridized carbons (Fsp3) is 0.429. The summed E-state index contributed by atoms with van der Waals surface area (Å²) in [6.45, 7) is 2.73. The van der Waals surface area contributed by atoms with Crippen LogP contribution in [-0.2, 0) is 11.3 Å². The molecule has 2 N–H and O–H groups in total. The standard InChI is InChI=1S/C14H18ClN3O3/c15-12-3-1-11(2-4-12)9-16-14(21)18-7-5-17(6-8-18)10-13(19)20/h1-4H,5-10H2,(H,16,21)(H,19,20). The maximum Gasteiger partial charge on any atom is 0.317 e. The summed E-state index contributed by atoms with van der Waals surface area (Å²) < 4.78 is 0. The van der Waals surface area contributed by atoms with Crippen LogP contribution in [0.2, 0.25) is 5.02 Å². The predicted octanol–water partition coefficient (Wildman–Crippen LogP) is 1.25. The van der Waals surface area contributed by atoms with Gasteiger partial charge in [-0.3, -0.25) is 9.69 Å². The van der Waals surface area contributed by atoms with Gasteiger partial charge in [-0.25, -0.2) is 4.79 Å². The number of hydrogen-bond acceptors (Lipinski definition) is 3. The molecular formula is C14H18ClN3O3. The summed E-state index contributed by atoms with van der Waals surface area (Å²) in [5, 5.41) is 12.2. The molecule has 6 nitrogen and oxygen atoms in total. The molecule has 1 aliphatic heterocycles. The number of benzene rings is 1. The van der Waals surface area contributed by atoms with Crippen molar-refractivity contribution in [1.29, 1.82) is 0 Å². The van der Waals surface area contributed by atoms with E-state index in [2.05, 4.69) is 5.32 Å². The molecule has 1 fully saturated rings. The number of piperazine rings is 1. The topological polar surface area (TPSA) is 72.9 Å². The van der Waals surface area contributed by atoms with Gasteiger partial charge in [-0.05, 0) is 17.7 Å². The number of aliphatic carboxylic acids is 1. The highest BCUT2D eigenvalue weighted by Gasteiger charge is 2.21. The Morgan fingerprint density at radius 1 is 1.14 bits per heavy atom. The lowest BCUT2D eigenvalue weighted by Gasteiger charge is -2.33. The van der Waals surface area contributed by atoms with Crippen molar-refractivity contribution in [3.63, 3.8) is 0 Å². The second kappa shape index (κ2) is 7.28. The SMILES string of the molecule is O=C(O)CN1CCN(C(=O)NCc2ccc(Cl)cc2)CC1. The number of hydrogen-bond donors (Lipinski definition) is 2. The third kappa shape index (κ3) is 4.91. The number of carbonyl (C=O) groups is 2. The molecule has 114 valence electrons. The molecule has 0 unspecified atom stereocenters. The average Bonchev–Trinajstić information content (AvgIpc) is 2.46. The van der Waals surface area contributed by atoms with Gasteiger partial charge >= 0.3 is 12.0 Å². The number of carboxylic acids is 1. The van der Waals surface area contributed by atoms with Crippen molar-refractivity contribution in [3.05, 3.63) is 34.9 Å². The maximum absolute atomic E-state index is 12.0. The van der Waals surface area contributed by atoms with E-state index in [0.29, 0.717) is 37.7 Å². The molecule has 21 heavy (non-hydrogen) atoms. The maximum atomic E-state index is 12.0. The van der Waals surface area contributed by atoms with Crippen molar-refractivity contribution in [2.24, 2.45) is 0 Å². The highest BCUT2D eigenvalue weighted by molar-refractivity contribution is 6.30. The number of nitrogens with zero attached hydrogens (tertiary/aromatic N) is 2. The van der Waals surface area contributed by atoms with Crippen molar-refractivity contribution in [2.75, 3.05) is 32.7 Å². The van der Waals surface area contributed by atoms with Crippen LogP contribution in [-0.4, -0.2) is 59.6 Å². The van der Waals surface area contributed by atoms with Crippen LogP contribution in [0.4, 0.5) is 4.79 Å². The summed E-state index contributed by atoms with van der Waals surface area (Å²) in [4.78, 5) is 26.2. The van der Waals surface area contributed by atoms with Crippen molar-refractivity contribution in [2.45, 2.75) is 6.54 Å². The quantitative estimate of drug-likeness (QED) is 0.878. The van der Waals surface area contributed by atoms with E-state index in [0.717, 1.165) is 5.56 Å². The molecule has 0 saturated carbocycles. The van der Waals surface area contributed by atoms with Crippen molar-refractivity contribution < 1.29 is 14.7 Å². The van der Waals surface area contributed by atoms with Crippen molar-refractivity contribution >= 4 is 23.6 Å². The molecule has 1 aliphatic rings. The van der Waals surface area contributed by atoms with Crippen LogP contribution < -0.4 is 5.32 Å². The molecule has 0 spiro atoms. The summed E-state index contributed by atoms with van der Waals surface area (Å²) in [5.41, 5.74) is 0.984. The summed E-state index contributed by atoms with van der Waals surface area (Å²) in [6.07, 6.45) is 0. The molecular weight excluding hydrogens is 294 g/mol. The van der Waals surface area contributed by atoms with Gasteiger partial charge in [-0.1, -0.05) is 23.7 Å². The van der Waals surface area contributed by atoms with Crippen LogP contribution in [0.1, 0.15) is 5.56 Å². The first-order valence-electron chi connectivity index (χ1n) is 6.76. The number of carbonyl (C=O) groups excluding carboxylic acids is 1. The molecule has 2 rings (SSSR count). The number of rotatable bonds is 4. The molecule has 1 aromatic carbocycles. The molecule has 0 radical (unpaired) electrons. The molecule has 1 aromatic rings. The highest BCUT2D eigenvalue weighted by Crippen LogP contribution is 2.09. The Hall–Kier alpha value is -1.79. The van der Waals surface area contributed by atoms with Crippen LogP contribution in [0, 0.1) is 0 Å².